The molecule has 0 N–H and O–H groups in total. The lowest BCUT2D eigenvalue weighted by molar-refractivity contribution is -0.384. The summed E-state index contributed by atoms with van der Waals surface area (Å²) in [6.45, 7) is 4.57. The molecule has 0 unspecified atom stereocenters. The smallest absolute Gasteiger partial charge is 0.303 e. The van der Waals surface area contributed by atoms with Crippen LogP contribution in [-0.2, 0) is 29.0 Å². The van der Waals surface area contributed by atoms with Crippen molar-refractivity contribution in [1.82, 2.24) is 4.31 Å². The SMILES string of the molecule is CC(=O)O[C@@H]1CN(S(=O)(=O)c2ccc([N+](=O)[O-])cc2)[C@H](CSc2ccccc2)[C@H]2OC(C)(C)O[C@@H]21. The lowest BCUT2D eigenvalue weighted by atomic mass is 9.97. The number of sulfonamides is 1. The lowest BCUT2D eigenvalue weighted by Gasteiger charge is -2.43. The van der Waals surface area contributed by atoms with Crippen LogP contribution in [0.4, 0.5) is 5.69 Å². The van der Waals surface area contributed by atoms with Crippen molar-refractivity contribution in [1.29, 1.82) is 0 Å². The summed E-state index contributed by atoms with van der Waals surface area (Å²) < 4.78 is 46.5. The van der Waals surface area contributed by atoms with Crippen LogP contribution in [0.5, 0.6) is 0 Å². The average Bonchev–Trinajstić information content (AvgIpc) is 3.14. The standard InChI is InChI=1S/C23H26N2O8S2/c1-15(26)31-20-13-24(35(29,30)18-11-9-16(10-12-18)25(27)28)19(14-34-17-7-5-4-6-8-17)21-22(20)33-23(2,3)32-21/h4-12,19-22H,13-14H2,1-3H3/t19-,20-,21-,22-/m1/s1. The summed E-state index contributed by atoms with van der Waals surface area (Å²) in [5.41, 5.74) is -0.217. The first kappa shape index (κ1) is 25.6. The number of carbonyl (C=O) groups is 1. The van der Waals surface area contributed by atoms with E-state index in [0.29, 0.717) is 5.75 Å². The van der Waals surface area contributed by atoms with Crippen LogP contribution in [0.2, 0.25) is 0 Å². The Hall–Kier alpha value is -2.51. The van der Waals surface area contributed by atoms with Crippen LogP contribution >= 0.6 is 11.8 Å². The number of hydrogen-bond donors (Lipinski definition) is 0. The van der Waals surface area contributed by atoms with E-state index in [4.69, 9.17) is 14.2 Å². The molecule has 12 heteroatoms. The highest BCUT2D eigenvalue weighted by molar-refractivity contribution is 7.99. The van der Waals surface area contributed by atoms with Crippen LogP contribution in [0.15, 0.2) is 64.4 Å². The molecule has 10 nitrogen and oxygen atoms in total. The van der Waals surface area contributed by atoms with Gasteiger partial charge in [-0.1, -0.05) is 18.2 Å². The minimum atomic E-state index is -4.13. The van der Waals surface area contributed by atoms with E-state index in [0.717, 1.165) is 17.0 Å². The Morgan fingerprint density at radius 3 is 2.37 bits per heavy atom. The molecule has 0 aromatic heterocycles. The van der Waals surface area contributed by atoms with Crippen molar-refractivity contribution in [3.63, 3.8) is 0 Å². The predicted octanol–water partition coefficient (Wildman–Crippen LogP) is 3.21. The van der Waals surface area contributed by atoms with Crippen molar-refractivity contribution < 1.29 is 32.3 Å². The molecule has 4 rings (SSSR count). The Bertz CT molecular complexity index is 1190. The fourth-order valence-electron chi connectivity index (χ4n) is 4.33. The van der Waals surface area contributed by atoms with Gasteiger partial charge in [-0.05, 0) is 38.1 Å². The number of thioether (sulfide) groups is 1. The minimum absolute atomic E-state index is 0.101. The maximum absolute atomic E-state index is 13.8. The first-order chi connectivity index (χ1) is 16.5. The molecule has 0 aliphatic carbocycles. The maximum Gasteiger partial charge on any atom is 0.303 e. The van der Waals surface area contributed by atoms with Gasteiger partial charge in [0.25, 0.3) is 5.69 Å². The van der Waals surface area contributed by atoms with Gasteiger partial charge in [-0.3, -0.25) is 14.9 Å². The van der Waals surface area contributed by atoms with E-state index in [1.54, 1.807) is 13.8 Å². The number of rotatable bonds is 7. The van der Waals surface area contributed by atoms with Gasteiger partial charge in [0, 0.05) is 29.7 Å². The third-order valence-corrected chi connectivity index (χ3v) is 8.79. The zero-order valence-corrected chi connectivity index (χ0v) is 21.0. The Kier molecular flexibility index (Phi) is 7.21. The van der Waals surface area contributed by atoms with E-state index >= 15 is 0 Å². The molecule has 2 aliphatic rings. The molecule has 2 fully saturated rings. The predicted molar refractivity (Wildman–Crippen MR) is 127 cm³/mol. The number of fused-ring (bicyclic) bond motifs is 1. The monoisotopic (exact) mass is 522 g/mol. The van der Waals surface area contributed by atoms with Crippen molar-refractivity contribution in [3.8, 4) is 0 Å². The number of benzene rings is 2. The summed E-state index contributed by atoms with van der Waals surface area (Å²) in [7, 11) is -4.13. The summed E-state index contributed by atoms with van der Waals surface area (Å²) in [5, 5.41) is 11.0. The molecule has 0 spiro atoms. The summed E-state index contributed by atoms with van der Waals surface area (Å²) in [6, 6.07) is 13.6. The van der Waals surface area contributed by atoms with Gasteiger partial charge in [0.1, 0.15) is 18.3 Å². The molecule has 0 saturated carbocycles. The highest BCUT2D eigenvalue weighted by atomic mass is 32.2. The van der Waals surface area contributed by atoms with E-state index in [1.165, 1.54) is 35.1 Å². The second-order valence-electron chi connectivity index (χ2n) is 8.73. The van der Waals surface area contributed by atoms with Gasteiger partial charge < -0.3 is 14.2 Å². The number of esters is 1. The van der Waals surface area contributed by atoms with Gasteiger partial charge in [0.15, 0.2) is 5.79 Å². The molecule has 35 heavy (non-hydrogen) atoms. The zero-order chi connectivity index (χ0) is 25.4. The number of ether oxygens (including phenoxy) is 3. The van der Waals surface area contributed by atoms with Crippen LogP contribution in [0, 0.1) is 10.1 Å². The zero-order valence-electron chi connectivity index (χ0n) is 19.4. The average molecular weight is 523 g/mol. The molecule has 0 bridgehead atoms. The number of nitro groups is 1. The first-order valence-corrected chi connectivity index (χ1v) is 13.4. The summed E-state index contributed by atoms with van der Waals surface area (Å²) in [6.07, 6.45) is -2.24. The molecular weight excluding hydrogens is 496 g/mol. The quantitative estimate of drug-likeness (QED) is 0.233. The first-order valence-electron chi connectivity index (χ1n) is 10.9. The van der Waals surface area contributed by atoms with E-state index < -0.39 is 51.1 Å². The highest BCUT2D eigenvalue weighted by Gasteiger charge is 2.57. The third-order valence-electron chi connectivity index (χ3n) is 5.77. The molecule has 188 valence electrons. The molecule has 2 heterocycles. The van der Waals surface area contributed by atoms with Crippen molar-refractivity contribution in [3.05, 3.63) is 64.7 Å². The largest absolute Gasteiger partial charge is 0.458 e. The molecule has 2 aromatic carbocycles. The summed E-state index contributed by atoms with van der Waals surface area (Å²) >= 11 is 1.47. The second-order valence-corrected chi connectivity index (χ2v) is 11.7. The number of hydrogen-bond acceptors (Lipinski definition) is 9. The normalized spacial score (nSPS) is 26.1. The van der Waals surface area contributed by atoms with Crippen molar-refractivity contribution in [2.75, 3.05) is 12.3 Å². The van der Waals surface area contributed by atoms with Crippen LogP contribution < -0.4 is 0 Å². The highest BCUT2D eigenvalue weighted by Crippen LogP contribution is 2.41. The summed E-state index contributed by atoms with van der Waals surface area (Å²) in [4.78, 5) is 23.1. The van der Waals surface area contributed by atoms with Gasteiger partial charge >= 0.3 is 5.97 Å². The van der Waals surface area contributed by atoms with Gasteiger partial charge in [0.05, 0.1) is 22.4 Å². The van der Waals surface area contributed by atoms with E-state index in [9.17, 15) is 23.3 Å². The number of nitrogens with zero attached hydrogens (tertiary/aromatic N) is 2. The number of piperidine rings is 1. The van der Waals surface area contributed by atoms with Crippen molar-refractivity contribution in [2.24, 2.45) is 0 Å². The van der Waals surface area contributed by atoms with Crippen molar-refractivity contribution in [2.45, 2.75) is 60.7 Å². The van der Waals surface area contributed by atoms with E-state index in [1.807, 2.05) is 30.3 Å². The molecular formula is C23H26N2O8S2. The van der Waals surface area contributed by atoms with E-state index in [2.05, 4.69) is 0 Å². The molecule has 2 saturated heterocycles. The lowest BCUT2D eigenvalue weighted by Crippen LogP contribution is -2.63. The molecule has 0 radical (unpaired) electrons. The fourth-order valence-corrected chi connectivity index (χ4v) is 7.15. The molecule has 2 aliphatic heterocycles. The van der Waals surface area contributed by atoms with Crippen LogP contribution in [0.1, 0.15) is 20.8 Å². The molecule has 0 amide bonds. The van der Waals surface area contributed by atoms with Crippen molar-refractivity contribution >= 4 is 33.4 Å². The van der Waals surface area contributed by atoms with Crippen LogP contribution in [0.25, 0.3) is 0 Å². The second kappa shape index (κ2) is 9.86. The maximum atomic E-state index is 13.8. The Balaban J connectivity index is 1.72. The van der Waals surface area contributed by atoms with Gasteiger partial charge in [-0.15, -0.1) is 11.8 Å². The van der Waals surface area contributed by atoms with Gasteiger partial charge in [0.2, 0.25) is 10.0 Å². The Morgan fingerprint density at radius 1 is 1.14 bits per heavy atom. The number of non-ortho nitro benzene ring substituents is 1. The van der Waals surface area contributed by atoms with Crippen LogP contribution in [0.3, 0.4) is 0 Å². The Morgan fingerprint density at radius 2 is 1.77 bits per heavy atom. The molecule has 4 atom stereocenters. The number of nitro benzene ring substituents is 1. The van der Waals surface area contributed by atoms with Gasteiger partial charge in [-0.2, -0.15) is 4.31 Å². The topological polar surface area (TPSA) is 125 Å². The summed E-state index contributed by atoms with van der Waals surface area (Å²) in [5.74, 6) is -1.22. The van der Waals surface area contributed by atoms with Crippen LogP contribution in [-0.4, -0.2) is 66.1 Å². The molecule has 2 aromatic rings. The third kappa shape index (κ3) is 5.51. The minimum Gasteiger partial charge on any atom is -0.458 e. The Labute approximate surface area is 207 Å². The number of carbonyl (C=O) groups excluding carboxylic acids is 1. The van der Waals surface area contributed by atoms with E-state index in [-0.39, 0.29) is 17.1 Å². The van der Waals surface area contributed by atoms with Gasteiger partial charge in [-0.25, -0.2) is 8.42 Å². The fraction of sp³-hybridized carbons (Fsp3) is 0.435.